The Morgan fingerprint density at radius 3 is 2.53 bits per heavy atom. The molecule has 0 saturated heterocycles. The van der Waals surface area contributed by atoms with Crippen molar-refractivity contribution in [3.8, 4) is 5.75 Å². The summed E-state index contributed by atoms with van der Waals surface area (Å²) in [6.07, 6.45) is 6.73. The largest absolute Gasteiger partial charge is 0.490 e. The minimum Gasteiger partial charge on any atom is -0.490 e. The molecule has 2 heteroatoms. The van der Waals surface area contributed by atoms with Crippen molar-refractivity contribution in [2.45, 2.75) is 45.1 Å². The van der Waals surface area contributed by atoms with E-state index in [0.29, 0.717) is 6.10 Å². The normalized spacial score (nSPS) is 17.7. The predicted molar refractivity (Wildman–Crippen MR) is 63.1 cm³/mol. The average Bonchev–Trinajstić information content (AvgIpc) is 2.17. The fourth-order valence-corrected chi connectivity index (χ4v) is 2.22. The van der Waals surface area contributed by atoms with E-state index in [1.54, 1.807) is 0 Å². The van der Waals surface area contributed by atoms with Crippen LogP contribution >= 0.6 is 0 Å². The standard InChI is InChI=1S/C13H19NO/c1-10-7-11(14)9-13(8-10)15-12-5-3-2-4-6-12/h7-9,12H,2-6,14H2,1H3. The summed E-state index contributed by atoms with van der Waals surface area (Å²) >= 11 is 0. The molecule has 1 fully saturated rings. The van der Waals surface area contributed by atoms with Gasteiger partial charge in [-0.1, -0.05) is 6.42 Å². The van der Waals surface area contributed by atoms with Crippen LogP contribution in [0.3, 0.4) is 0 Å². The number of nitrogen functional groups attached to an aromatic ring is 1. The summed E-state index contributed by atoms with van der Waals surface area (Å²) in [5, 5.41) is 0. The van der Waals surface area contributed by atoms with E-state index >= 15 is 0 Å². The number of hydrogen-bond acceptors (Lipinski definition) is 2. The Balaban J connectivity index is 2.02. The topological polar surface area (TPSA) is 35.2 Å². The molecule has 0 radical (unpaired) electrons. The third kappa shape index (κ3) is 2.88. The van der Waals surface area contributed by atoms with E-state index < -0.39 is 0 Å². The Morgan fingerprint density at radius 1 is 1.13 bits per heavy atom. The number of aryl methyl sites for hydroxylation is 1. The van der Waals surface area contributed by atoms with Gasteiger partial charge >= 0.3 is 0 Å². The molecule has 1 aliphatic rings. The molecular formula is C13H19NO. The first-order chi connectivity index (χ1) is 7.24. The van der Waals surface area contributed by atoms with Gasteiger partial charge in [0.1, 0.15) is 5.75 Å². The summed E-state index contributed by atoms with van der Waals surface area (Å²) in [5.74, 6) is 0.930. The maximum absolute atomic E-state index is 5.94. The van der Waals surface area contributed by atoms with E-state index in [4.69, 9.17) is 10.5 Å². The van der Waals surface area contributed by atoms with E-state index in [9.17, 15) is 0 Å². The second-order valence-electron chi connectivity index (χ2n) is 4.46. The first-order valence-electron chi connectivity index (χ1n) is 5.78. The molecule has 0 spiro atoms. The van der Waals surface area contributed by atoms with E-state index in [1.807, 2.05) is 19.1 Å². The van der Waals surface area contributed by atoms with Gasteiger partial charge in [-0.05, 0) is 50.3 Å². The van der Waals surface area contributed by atoms with Crippen LogP contribution in [0.15, 0.2) is 18.2 Å². The Hall–Kier alpha value is -1.18. The van der Waals surface area contributed by atoms with Crippen molar-refractivity contribution >= 4 is 5.69 Å². The molecule has 82 valence electrons. The Morgan fingerprint density at radius 2 is 1.87 bits per heavy atom. The average molecular weight is 205 g/mol. The number of rotatable bonds is 2. The SMILES string of the molecule is Cc1cc(N)cc(OC2CCCCC2)c1. The van der Waals surface area contributed by atoms with Crippen LogP contribution in [0.1, 0.15) is 37.7 Å². The lowest BCUT2D eigenvalue weighted by atomic mass is 9.98. The summed E-state index contributed by atoms with van der Waals surface area (Å²) in [6.45, 7) is 2.05. The zero-order valence-electron chi connectivity index (χ0n) is 9.33. The van der Waals surface area contributed by atoms with E-state index in [1.165, 1.54) is 37.7 Å². The van der Waals surface area contributed by atoms with Gasteiger partial charge in [-0.25, -0.2) is 0 Å². The van der Waals surface area contributed by atoms with Crippen LogP contribution in [0, 0.1) is 6.92 Å². The zero-order chi connectivity index (χ0) is 10.7. The molecule has 0 amide bonds. The third-order valence-corrected chi connectivity index (χ3v) is 2.93. The van der Waals surface area contributed by atoms with Crippen molar-refractivity contribution < 1.29 is 4.74 Å². The summed E-state index contributed by atoms with van der Waals surface area (Å²) < 4.78 is 5.94. The van der Waals surface area contributed by atoms with E-state index in [0.717, 1.165) is 11.4 Å². The molecule has 0 atom stereocenters. The van der Waals surface area contributed by atoms with Gasteiger partial charge in [0.25, 0.3) is 0 Å². The molecule has 0 unspecified atom stereocenters. The van der Waals surface area contributed by atoms with Gasteiger partial charge in [-0.15, -0.1) is 0 Å². The lowest BCUT2D eigenvalue weighted by Gasteiger charge is -2.23. The fraction of sp³-hybridized carbons (Fsp3) is 0.538. The molecule has 1 aromatic rings. The van der Waals surface area contributed by atoms with Crippen LogP contribution in [0.2, 0.25) is 0 Å². The molecule has 1 saturated carbocycles. The molecule has 2 rings (SSSR count). The second-order valence-corrected chi connectivity index (χ2v) is 4.46. The Labute approximate surface area is 91.4 Å². The highest BCUT2D eigenvalue weighted by atomic mass is 16.5. The zero-order valence-corrected chi connectivity index (χ0v) is 9.33. The number of nitrogens with two attached hydrogens (primary N) is 1. The molecule has 1 aliphatic carbocycles. The first kappa shape index (κ1) is 10.3. The summed E-state index contributed by atoms with van der Waals surface area (Å²) in [5.41, 5.74) is 7.74. The van der Waals surface area contributed by atoms with Crippen molar-refractivity contribution in [1.29, 1.82) is 0 Å². The molecule has 0 heterocycles. The van der Waals surface area contributed by atoms with Crippen LogP contribution in [-0.2, 0) is 0 Å². The van der Waals surface area contributed by atoms with Crippen LogP contribution in [0.4, 0.5) is 5.69 Å². The maximum atomic E-state index is 5.94. The van der Waals surface area contributed by atoms with Crippen molar-refractivity contribution in [2.75, 3.05) is 5.73 Å². The Kier molecular flexibility index (Phi) is 3.14. The lowest BCUT2D eigenvalue weighted by Crippen LogP contribution is -2.19. The second kappa shape index (κ2) is 4.56. The van der Waals surface area contributed by atoms with Crippen molar-refractivity contribution in [3.05, 3.63) is 23.8 Å². The van der Waals surface area contributed by atoms with Crippen molar-refractivity contribution in [1.82, 2.24) is 0 Å². The number of benzene rings is 1. The molecule has 0 bridgehead atoms. The van der Waals surface area contributed by atoms with Gasteiger partial charge in [-0.2, -0.15) is 0 Å². The van der Waals surface area contributed by atoms with Gasteiger partial charge in [0, 0.05) is 11.8 Å². The highest BCUT2D eigenvalue weighted by Crippen LogP contribution is 2.25. The number of ether oxygens (including phenoxy) is 1. The summed E-state index contributed by atoms with van der Waals surface area (Å²) in [6, 6.07) is 5.94. The first-order valence-corrected chi connectivity index (χ1v) is 5.78. The number of anilines is 1. The summed E-state index contributed by atoms with van der Waals surface area (Å²) in [4.78, 5) is 0. The minimum atomic E-state index is 0.403. The molecule has 2 nitrogen and oxygen atoms in total. The van der Waals surface area contributed by atoms with Gasteiger partial charge in [-0.3, -0.25) is 0 Å². The van der Waals surface area contributed by atoms with Crippen molar-refractivity contribution in [2.24, 2.45) is 0 Å². The van der Waals surface area contributed by atoms with Crippen LogP contribution in [0.5, 0.6) is 5.75 Å². The smallest absolute Gasteiger partial charge is 0.122 e. The Bertz CT molecular complexity index is 309. The predicted octanol–water partition coefficient (Wildman–Crippen LogP) is 3.29. The molecular weight excluding hydrogens is 186 g/mol. The molecule has 15 heavy (non-hydrogen) atoms. The van der Waals surface area contributed by atoms with Gasteiger partial charge < -0.3 is 10.5 Å². The minimum absolute atomic E-state index is 0.403. The van der Waals surface area contributed by atoms with Crippen LogP contribution < -0.4 is 10.5 Å². The molecule has 1 aromatic carbocycles. The van der Waals surface area contributed by atoms with Gasteiger partial charge in [0.2, 0.25) is 0 Å². The number of hydrogen-bond donors (Lipinski definition) is 1. The molecule has 2 N–H and O–H groups in total. The van der Waals surface area contributed by atoms with Crippen LogP contribution in [-0.4, -0.2) is 6.10 Å². The maximum Gasteiger partial charge on any atom is 0.122 e. The molecule has 0 aliphatic heterocycles. The quantitative estimate of drug-likeness (QED) is 0.752. The van der Waals surface area contributed by atoms with E-state index in [2.05, 4.69) is 6.07 Å². The lowest BCUT2D eigenvalue weighted by molar-refractivity contribution is 0.155. The van der Waals surface area contributed by atoms with Gasteiger partial charge in [0.15, 0.2) is 0 Å². The summed E-state index contributed by atoms with van der Waals surface area (Å²) in [7, 11) is 0. The fourth-order valence-electron chi connectivity index (χ4n) is 2.22. The van der Waals surface area contributed by atoms with Crippen molar-refractivity contribution in [3.63, 3.8) is 0 Å². The highest BCUT2D eigenvalue weighted by molar-refractivity contribution is 5.47. The monoisotopic (exact) mass is 205 g/mol. The van der Waals surface area contributed by atoms with Gasteiger partial charge in [0.05, 0.1) is 6.10 Å². The van der Waals surface area contributed by atoms with E-state index in [-0.39, 0.29) is 0 Å². The van der Waals surface area contributed by atoms with Crippen LogP contribution in [0.25, 0.3) is 0 Å². The third-order valence-electron chi connectivity index (χ3n) is 2.93. The highest BCUT2D eigenvalue weighted by Gasteiger charge is 2.14. The molecule has 0 aromatic heterocycles.